The molecule has 136 valence electrons. The van der Waals surface area contributed by atoms with Gasteiger partial charge in [-0.25, -0.2) is 4.68 Å². The van der Waals surface area contributed by atoms with Gasteiger partial charge in [-0.1, -0.05) is 11.3 Å². The van der Waals surface area contributed by atoms with E-state index >= 15 is 0 Å². The number of nitrogens with zero attached hydrogens (tertiary/aromatic N) is 4. The molecule has 2 aromatic heterocycles. The number of carbonyl (C=O) groups excluding carboxylic acids is 1. The number of carbonyl (C=O) groups is 1. The first kappa shape index (κ1) is 18.0. The summed E-state index contributed by atoms with van der Waals surface area (Å²) in [7, 11) is 4.03. The molecule has 1 fully saturated rings. The molecule has 0 saturated heterocycles. The van der Waals surface area contributed by atoms with E-state index in [0.29, 0.717) is 24.3 Å². The maximum Gasteiger partial charge on any atom is 0.273 e. The number of aromatic nitrogens is 3. The maximum absolute atomic E-state index is 12.4. The molecule has 8 heteroatoms. The summed E-state index contributed by atoms with van der Waals surface area (Å²) in [4.78, 5) is 15.8. The Labute approximate surface area is 152 Å². The first-order chi connectivity index (χ1) is 12.0. The highest BCUT2D eigenvalue weighted by Crippen LogP contribution is 2.27. The van der Waals surface area contributed by atoms with Gasteiger partial charge >= 0.3 is 0 Å². The Kier molecular flexibility index (Phi) is 5.82. The van der Waals surface area contributed by atoms with Crippen LogP contribution in [0, 0.1) is 0 Å². The lowest BCUT2D eigenvalue weighted by Crippen LogP contribution is -2.34. The van der Waals surface area contributed by atoms with Crippen LogP contribution in [0.2, 0.25) is 0 Å². The van der Waals surface area contributed by atoms with Crippen molar-refractivity contribution in [2.45, 2.75) is 43.8 Å². The average Bonchev–Trinajstić information content (AvgIpc) is 3.27. The second-order valence-electron chi connectivity index (χ2n) is 6.86. The van der Waals surface area contributed by atoms with E-state index in [0.717, 1.165) is 25.7 Å². The molecule has 0 spiro atoms. The molecular formula is C17H26N6OS. The van der Waals surface area contributed by atoms with Crippen LogP contribution in [0.3, 0.4) is 0 Å². The van der Waals surface area contributed by atoms with E-state index < -0.39 is 0 Å². The van der Waals surface area contributed by atoms with E-state index in [-0.39, 0.29) is 11.9 Å². The highest BCUT2D eigenvalue weighted by atomic mass is 32.1. The summed E-state index contributed by atoms with van der Waals surface area (Å²) in [6.45, 7) is 0.539. The lowest BCUT2D eigenvalue weighted by molar-refractivity contribution is 0.0937. The zero-order chi connectivity index (χ0) is 17.8. The van der Waals surface area contributed by atoms with Crippen LogP contribution < -0.4 is 11.1 Å². The molecule has 1 aliphatic carbocycles. The smallest absolute Gasteiger partial charge is 0.273 e. The monoisotopic (exact) mass is 362 g/mol. The van der Waals surface area contributed by atoms with E-state index in [1.807, 2.05) is 24.8 Å². The van der Waals surface area contributed by atoms with Gasteiger partial charge in [-0.15, -0.1) is 16.4 Å². The number of rotatable bonds is 6. The van der Waals surface area contributed by atoms with E-state index in [9.17, 15) is 4.79 Å². The third kappa shape index (κ3) is 4.45. The van der Waals surface area contributed by atoms with Crippen LogP contribution in [-0.2, 0) is 0 Å². The molecule has 3 N–H and O–H groups in total. The summed E-state index contributed by atoms with van der Waals surface area (Å²) in [6, 6.07) is 4.86. The van der Waals surface area contributed by atoms with Gasteiger partial charge in [-0.3, -0.25) is 4.79 Å². The predicted molar refractivity (Wildman–Crippen MR) is 98.6 cm³/mol. The lowest BCUT2D eigenvalue weighted by Gasteiger charge is -2.25. The summed E-state index contributed by atoms with van der Waals surface area (Å²) >= 11 is 1.69. The SMILES string of the molecule is CN(C)C(CNC(=O)c1cn(C2CCC(N)CC2)nn1)c1cccs1. The van der Waals surface area contributed by atoms with Crippen molar-refractivity contribution in [1.82, 2.24) is 25.2 Å². The van der Waals surface area contributed by atoms with Gasteiger partial charge in [0.2, 0.25) is 0 Å². The Morgan fingerprint density at radius 1 is 1.44 bits per heavy atom. The molecule has 0 radical (unpaired) electrons. The normalized spacial score (nSPS) is 22.1. The van der Waals surface area contributed by atoms with Crippen LogP contribution in [0.5, 0.6) is 0 Å². The van der Waals surface area contributed by atoms with Gasteiger partial charge in [0.05, 0.1) is 18.3 Å². The Hall–Kier alpha value is -1.77. The van der Waals surface area contributed by atoms with Gasteiger partial charge in [0, 0.05) is 17.5 Å². The zero-order valence-electron chi connectivity index (χ0n) is 14.8. The Balaban J connectivity index is 1.58. The molecule has 0 aliphatic heterocycles. The van der Waals surface area contributed by atoms with Crippen molar-refractivity contribution in [1.29, 1.82) is 0 Å². The molecule has 2 aromatic rings. The molecule has 3 rings (SSSR count). The van der Waals surface area contributed by atoms with Gasteiger partial charge in [-0.05, 0) is 51.2 Å². The Morgan fingerprint density at radius 3 is 2.84 bits per heavy atom. The minimum Gasteiger partial charge on any atom is -0.349 e. The fraction of sp³-hybridized carbons (Fsp3) is 0.588. The van der Waals surface area contributed by atoms with Crippen LogP contribution >= 0.6 is 11.3 Å². The minimum absolute atomic E-state index is 0.152. The van der Waals surface area contributed by atoms with Gasteiger partial charge in [0.1, 0.15) is 0 Å². The first-order valence-electron chi connectivity index (χ1n) is 8.70. The van der Waals surface area contributed by atoms with Crippen LogP contribution in [0.1, 0.15) is 53.1 Å². The molecule has 7 nitrogen and oxygen atoms in total. The summed E-state index contributed by atoms with van der Waals surface area (Å²) in [5.41, 5.74) is 6.32. The third-order valence-corrected chi connectivity index (χ3v) is 5.78. The molecular weight excluding hydrogens is 336 g/mol. The van der Waals surface area contributed by atoms with E-state index in [4.69, 9.17) is 5.73 Å². The minimum atomic E-state index is -0.179. The topological polar surface area (TPSA) is 89.1 Å². The summed E-state index contributed by atoms with van der Waals surface area (Å²) in [5, 5.41) is 13.2. The van der Waals surface area contributed by atoms with Crippen LogP contribution in [0.25, 0.3) is 0 Å². The third-order valence-electron chi connectivity index (χ3n) is 4.81. The number of likely N-dealkylation sites (N-methyl/N-ethyl adjacent to an activating group) is 1. The average molecular weight is 363 g/mol. The van der Waals surface area contributed by atoms with Crippen molar-refractivity contribution in [2.75, 3.05) is 20.6 Å². The van der Waals surface area contributed by atoms with Crippen LogP contribution in [-0.4, -0.2) is 52.5 Å². The molecule has 25 heavy (non-hydrogen) atoms. The van der Waals surface area contributed by atoms with E-state index in [1.165, 1.54) is 4.88 Å². The predicted octanol–water partition coefficient (Wildman–Crippen LogP) is 1.81. The summed E-state index contributed by atoms with van der Waals surface area (Å²) < 4.78 is 1.82. The molecule has 1 atom stereocenters. The first-order valence-corrected chi connectivity index (χ1v) is 9.58. The van der Waals surface area contributed by atoms with Crippen molar-refractivity contribution >= 4 is 17.2 Å². The molecule has 1 unspecified atom stereocenters. The zero-order valence-corrected chi connectivity index (χ0v) is 15.6. The number of hydrogen-bond donors (Lipinski definition) is 2. The number of hydrogen-bond acceptors (Lipinski definition) is 6. The Bertz CT molecular complexity index is 675. The van der Waals surface area contributed by atoms with Crippen LogP contribution in [0.4, 0.5) is 0 Å². The fourth-order valence-corrected chi connectivity index (χ4v) is 4.15. The highest BCUT2D eigenvalue weighted by molar-refractivity contribution is 7.10. The summed E-state index contributed by atoms with van der Waals surface area (Å²) in [6.07, 6.45) is 5.74. The van der Waals surface area contributed by atoms with Crippen molar-refractivity contribution in [2.24, 2.45) is 5.73 Å². The number of nitrogens with one attached hydrogen (secondary N) is 1. The van der Waals surface area contributed by atoms with Crippen molar-refractivity contribution in [3.63, 3.8) is 0 Å². The highest BCUT2D eigenvalue weighted by Gasteiger charge is 2.23. The van der Waals surface area contributed by atoms with Crippen molar-refractivity contribution in [3.05, 3.63) is 34.3 Å². The number of nitrogens with two attached hydrogens (primary N) is 1. The lowest BCUT2D eigenvalue weighted by atomic mass is 9.92. The molecule has 1 saturated carbocycles. The van der Waals surface area contributed by atoms with Crippen molar-refractivity contribution in [3.8, 4) is 0 Å². The molecule has 0 bridgehead atoms. The van der Waals surface area contributed by atoms with Gasteiger partial charge in [-0.2, -0.15) is 0 Å². The van der Waals surface area contributed by atoms with Crippen molar-refractivity contribution < 1.29 is 4.79 Å². The number of amides is 1. The maximum atomic E-state index is 12.4. The van der Waals surface area contributed by atoms with Gasteiger partial charge in [0.25, 0.3) is 5.91 Å². The van der Waals surface area contributed by atoms with Crippen LogP contribution in [0.15, 0.2) is 23.7 Å². The fourth-order valence-electron chi connectivity index (χ4n) is 3.22. The molecule has 1 amide bonds. The van der Waals surface area contributed by atoms with Gasteiger partial charge in [0.15, 0.2) is 5.69 Å². The summed E-state index contributed by atoms with van der Waals surface area (Å²) in [5.74, 6) is -0.179. The number of thiophene rings is 1. The quantitative estimate of drug-likeness (QED) is 0.818. The standard InChI is InChI=1S/C17H26N6OS/c1-22(2)15(16-4-3-9-25-16)10-19-17(24)14-11-23(21-20-14)13-7-5-12(18)6-8-13/h3-4,9,11-13,15H,5-8,10,18H2,1-2H3,(H,19,24). The second kappa shape index (κ2) is 8.07. The van der Waals surface area contributed by atoms with Gasteiger partial charge < -0.3 is 16.0 Å². The molecule has 0 aromatic carbocycles. The molecule has 2 heterocycles. The van der Waals surface area contributed by atoms with E-state index in [1.54, 1.807) is 17.5 Å². The molecule has 1 aliphatic rings. The Morgan fingerprint density at radius 2 is 2.20 bits per heavy atom. The largest absolute Gasteiger partial charge is 0.349 e. The second-order valence-corrected chi connectivity index (χ2v) is 7.84. The van der Waals surface area contributed by atoms with E-state index in [2.05, 4.69) is 32.0 Å².